The molecule has 23 heavy (non-hydrogen) atoms. The van der Waals surface area contributed by atoms with E-state index in [9.17, 15) is 9.18 Å². The number of rotatable bonds is 3. The zero-order valence-corrected chi connectivity index (χ0v) is 12.7. The largest absolute Gasteiger partial charge is 0.477 e. The summed E-state index contributed by atoms with van der Waals surface area (Å²) in [6, 6.07) is 8.14. The lowest BCUT2D eigenvalue weighted by atomic mass is 10.2. The van der Waals surface area contributed by atoms with Gasteiger partial charge in [-0.05, 0) is 25.1 Å². The molecule has 1 aliphatic heterocycles. The molecule has 1 aromatic heterocycles. The fourth-order valence-electron chi connectivity index (χ4n) is 2.66. The Labute approximate surface area is 133 Å². The highest BCUT2D eigenvalue weighted by atomic mass is 19.1. The summed E-state index contributed by atoms with van der Waals surface area (Å²) in [5.74, 6) is -0.891. The molecule has 0 bridgehead atoms. The van der Waals surface area contributed by atoms with Crippen molar-refractivity contribution in [2.24, 2.45) is 0 Å². The first-order chi connectivity index (χ1) is 11.0. The van der Waals surface area contributed by atoms with Crippen molar-refractivity contribution in [3.8, 4) is 0 Å². The Morgan fingerprint density at radius 2 is 1.78 bits per heavy atom. The van der Waals surface area contributed by atoms with Crippen molar-refractivity contribution in [1.82, 2.24) is 9.97 Å². The first-order valence-corrected chi connectivity index (χ1v) is 7.38. The number of aromatic nitrogens is 2. The summed E-state index contributed by atoms with van der Waals surface area (Å²) in [6.07, 6.45) is 0. The molecule has 0 amide bonds. The van der Waals surface area contributed by atoms with Crippen LogP contribution in [0.3, 0.4) is 0 Å². The van der Waals surface area contributed by atoms with Gasteiger partial charge in [0.25, 0.3) is 0 Å². The van der Waals surface area contributed by atoms with Gasteiger partial charge < -0.3 is 14.9 Å². The van der Waals surface area contributed by atoms with Gasteiger partial charge in [-0.1, -0.05) is 12.1 Å². The van der Waals surface area contributed by atoms with E-state index in [1.165, 1.54) is 12.1 Å². The molecule has 120 valence electrons. The molecular formula is C16H17FN4O2. The number of aryl methyl sites for hydroxylation is 1. The van der Waals surface area contributed by atoms with Crippen LogP contribution in [0.15, 0.2) is 30.3 Å². The Morgan fingerprint density at radius 3 is 2.43 bits per heavy atom. The number of piperazine rings is 1. The van der Waals surface area contributed by atoms with Gasteiger partial charge in [-0.15, -0.1) is 0 Å². The van der Waals surface area contributed by atoms with Gasteiger partial charge in [-0.2, -0.15) is 0 Å². The van der Waals surface area contributed by atoms with Gasteiger partial charge in [-0.25, -0.2) is 19.2 Å². The molecule has 3 rings (SSSR count). The van der Waals surface area contributed by atoms with Crippen LogP contribution in [0.2, 0.25) is 0 Å². The first kappa shape index (κ1) is 15.2. The van der Waals surface area contributed by atoms with Gasteiger partial charge in [0.2, 0.25) is 5.95 Å². The summed E-state index contributed by atoms with van der Waals surface area (Å²) in [5.41, 5.74) is 1.19. The Bertz CT molecular complexity index is 730. The maximum atomic E-state index is 13.8. The number of benzene rings is 1. The van der Waals surface area contributed by atoms with Crippen LogP contribution in [0.4, 0.5) is 16.0 Å². The third kappa shape index (κ3) is 3.23. The highest BCUT2D eigenvalue weighted by Crippen LogP contribution is 2.21. The number of hydrogen-bond acceptors (Lipinski definition) is 5. The molecule has 0 atom stereocenters. The number of carbonyl (C=O) groups is 1. The fourth-order valence-corrected chi connectivity index (χ4v) is 2.66. The lowest BCUT2D eigenvalue weighted by molar-refractivity contribution is 0.0690. The molecule has 6 nitrogen and oxygen atoms in total. The lowest BCUT2D eigenvalue weighted by Crippen LogP contribution is -2.47. The van der Waals surface area contributed by atoms with Crippen molar-refractivity contribution in [2.45, 2.75) is 6.92 Å². The maximum Gasteiger partial charge on any atom is 0.354 e. The Kier molecular flexibility index (Phi) is 4.10. The van der Waals surface area contributed by atoms with Crippen molar-refractivity contribution in [2.75, 3.05) is 36.0 Å². The number of carboxylic acids is 1. The van der Waals surface area contributed by atoms with Crippen molar-refractivity contribution in [3.05, 3.63) is 47.5 Å². The van der Waals surface area contributed by atoms with Gasteiger partial charge >= 0.3 is 5.97 Å². The van der Waals surface area contributed by atoms with Crippen LogP contribution < -0.4 is 9.80 Å². The first-order valence-electron chi connectivity index (χ1n) is 7.38. The summed E-state index contributed by atoms with van der Waals surface area (Å²) in [4.78, 5) is 23.4. The minimum atomic E-state index is -1.07. The van der Waals surface area contributed by atoms with E-state index >= 15 is 0 Å². The second-order valence-corrected chi connectivity index (χ2v) is 5.43. The molecule has 0 radical (unpaired) electrons. The van der Waals surface area contributed by atoms with Crippen molar-refractivity contribution >= 4 is 17.6 Å². The number of nitrogens with zero attached hydrogens (tertiary/aromatic N) is 4. The summed E-state index contributed by atoms with van der Waals surface area (Å²) < 4.78 is 13.8. The minimum Gasteiger partial charge on any atom is -0.477 e. The van der Waals surface area contributed by atoms with Crippen LogP contribution in [0.5, 0.6) is 0 Å². The van der Waals surface area contributed by atoms with Gasteiger partial charge in [-0.3, -0.25) is 0 Å². The third-order valence-corrected chi connectivity index (χ3v) is 3.82. The summed E-state index contributed by atoms with van der Waals surface area (Å²) in [6.45, 7) is 4.21. The molecule has 0 unspecified atom stereocenters. The van der Waals surface area contributed by atoms with Crippen LogP contribution >= 0.6 is 0 Å². The quantitative estimate of drug-likeness (QED) is 0.933. The van der Waals surface area contributed by atoms with Gasteiger partial charge in [0.1, 0.15) is 5.82 Å². The molecule has 1 N–H and O–H groups in total. The molecule has 1 aliphatic rings. The van der Waals surface area contributed by atoms with E-state index in [1.807, 2.05) is 15.9 Å². The van der Waals surface area contributed by atoms with Crippen LogP contribution in [-0.4, -0.2) is 47.2 Å². The highest BCUT2D eigenvalue weighted by Gasteiger charge is 2.22. The van der Waals surface area contributed by atoms with Gasteiger partial charge in [0.15, 0.2) is 5.69 Å². The molecule has 7 heteroatoms. The number of halogens is 1. The average Bonchev–Trinajstić information content (AvgIpc) is 2.55. The molecule has 2 heterocycles. The third-order valence-electron chi connectivity index (χ3n) is 3.82. The normalized spacial score (nSPS) is 14.9. The smallest absolute Gasteiger partial charge is 0.354 e. The van der Waals surface area contributed by atoms with E-state index in [4.69, 9.17) is 5.11 Å². The number of para-hydroxylation sites is 1. The Hall–Kier alpha value is -2.70. The van der Waals surface area contributed by atoms with Crippen LogP contribution in [-0.2, 0) is 0 Å². The topological polar surface area (TPSA) is 69.6 Å². The van der Waals surface area contributed by atoms with E-state index in [2.05, 4.69) is 9.97 Å². The van der Waals surface area contributed by atoms with Crippen LogP contribution in [0, 0.1) is 12.7 Å². The standard InChI is InChI=1S/C16H17FN4O2/c1-11-10-13(15(22)23)19-16(18-11)21-8-6-20(7-9-21)14-5-3-2-4-12(14)17/h2-5,10H,6-9H2,1H3,(H,22,23). The minimum absolute atomic E-state index is 0.0102. The van der Waals surface area contributed by atoms with Crippen LogP contribution in [0.25, 0.3) is 0 Å². The number of carboxylic acid groups (broad SMARTS) is 1. The summed E-state index contributed by atoms with van der Waals surface area (Å²) in [7, 11) is 0. The number of aromatic carboxylic acids is 1. The molecular weight excluding hydrogens is 299 g/mol. The average molecular weight is 316 g/mol. The Morgan fingerprint density at radius 1 is 1.13 bits per heavy atom. The van der Waals surface area contributed by atoms with Crippen molar-refractivity contribution < 1.29 is 14.3 Å². The lowest BCUT2D eigenvalue weighted by Gasteiger charge is -2.36. The summed E-state index contributed by atoms with van der Waals surface area (Å²) >= 11 is 0. The Balaban J connectivity index is 1.74. The molecule has 0 aliphatic carbocycles. The predicted molar refractivity (Wildman–Crippen MR) is 84.6 cm³/mol. The second-order valence-electron chi connectivity index (χ2n) is 5.43. The van der Waals surface area contributed by atoms with Gasteiger partial charge in [0.05, 0.1) is 5.69 Å². The molecule has 1 aromatic carbocycles. The number of hydrogen-bond donors (Lipinski definition) is 1. The second kappa shape index (κ2) is 6.20. The van der Waals surface area contributed by atoms with Gasteiger partial charge in [0, 0.05) is 31.9 Å². The van der Waals surface area contributed by atoms with E-state index in [0.717, 1.165) is 0 Å². The number of anilines is 2. The predicted octanol–water partition coefficient (Wildman–Crippen LogP) is 1.95. The molecule has 1 saturated heterocycles. The highest BCUT2D eigenvalue weighted by molar-refractivity contribution is 5.85. The van der Waals surface area contributed by atoms with E-state index in [-0.39, 0.29) is 11.5 Å². The SMILES string of the molecule is Cc1cc(C(=O)O)nc(N2CCN(c3ccccc3F)CC2)n1. The summed E-state index contributed by atoms with van der Waals surface area (Å²) in [5, 5.41) is 9.09. The monoisotopic (exact) mass is 316 g/mol. The molecule has 0 saturated carbocycles. The zero-order chi connectivity index (χ0) is 16.4. The van der Waals surface area contributed by atoms with Crippen LogP contribution in [0.1, 0.15) is 16.2 Å². The van der Waals surface area contributed by atoms with E-state index < -0.39 is 5.97 Å². The van der Waals surface area contributed by atoms with E-state index in [1.54, 1.807) is 19.1 Å². The maximum absolute atomic E-state index is 13.8. The fraction of sp³-hybridized carbons (Fsp3) is 0.312. The molecule has 2 aromatic rings. The van der Waals surface area contributed by atoms with E-state index in [0.29, 0.717) is 43.5 Å². The molecule has 1 fully saturated rings. The van der Waals surface area contributed by atoms with Crippen molar-refractivity contribution in [3.63, 3.8) is 0 Å². The van der Waals surface area contributed by atoms with Crippen molar-refractivity contribution in [1.29, 1.82) is 0 Å². The zero-order valence-electron chi connectivity index (χ0n) is 12.7. The molecule has 0 spiro atoms.